The number of thiazole rings is 1. The average molecular weight is 410 g/mol. The Morgan fingerprint density at radius 3 is 2.55 bits per heavy atom. The Morgan fingerprint density at radius 2 is 1.86 bits per heavy atom. The highest BCUT2D eigenvalue weighted by atomic mass is 32.1. The lowest BCUT2D eigenvalue weighted by molar-refractivity contribution is -0.385. The summed E-state index contributed by atoms with van der Waals surface area (Å²) in [5.41, 5.74) is 1.84. The first kappa shape index (κ1) is 19.5. The number of aromatic nitrogens is 1. The van der Waals surface area contributed by atoms with Crippen molar-refractivity contribution in [2.75, 3.05) is 26.2 Å². The van der Waals surface area contributed by atoms with Crippen molar-refractivity contribution in [2.45, 2.75) is 19.9 Å². The standard InChI is InChI=1S/C21H22N4O3S/c1-14-16(6-5-8-18(14)25(27)28)21(26)24-12-10-23(11-13-24)15(2)20-22-17-7-3-4-9-19(17)29-20/h3-9,15H,10-13H2,1-2H3/t15-/m0/s1. The SMILES string of the molecule is Cc1c(C(=O)N2CCN([C@@H](C)c3nc4ccccc4s3)CC2)cccc1[N+](=O)[O-]. The molecule has 8 heteroatoms. The molecule has 1 saturated heterocycles. The van der Waals surface area contributed by atoms with Crippen LogP contribution in [-0.4, -0.2) is 51.8 Å². The Kier molecular flexibility index (Phi) is 5.29. The molecule has 1 atom stereocenters. The minimum atomic E-state index is -0.441. The molecule has 0 N–H and O–H groups in total. The molecule has 0 bridgehead atoms. The van der Waals surface area contributed by atoms with Gasteiger partial charge in [0.15, 0.2) is 0 Å². The smallest absolute Gasteiger partial charge is 0.273 e. The van der Waals surface area contributed by atoms with Crippen LogP contribution < -0.4 is 0 Å². The highest BCUT2D eigenvalue weighted by Crippen LogP contribution is 2.30. The maximum atomic E-state index is 12.9. The van der Waals surface area contributed by atoms with Gasteiger partial charge in [-0.05, 0) is 32.0 Å². The van der Waals surface area contributed by atoms with Gasteiger partial charge < -0.3 is 4.90 Å². The normalized spacial score (nSPS) is 16.1. The van der Waals surface area contributed by atoms with Gasteiger partial charge in [-0.15, -0.1) is 11.3 Å². The van der Waals surface area contributed by atoms with Crippen LogP contribution in [0.1, 0.15) is 33.9 Å². The first-order chi connectivity index (χ1) is 14.0. The number of hydrogen-bond acceptors (Lipinski definition) is 6. The maximum Gasteiger partial charge on any atom is 0.273 e. The number of benzene rings is 2. The number of rotatable bonds is 4. The van der Waals surface area contributed by atoms with Gasteiger partial charge in [-0.2, -0.15) is 0 Å². The third-order valence-electron chi connectivity index (χ3n) is 5.55. The molecule has 1 aliphatic rings. The number of hydrogen-bond donors (Lipinski definition) is 0. The molecule has 0 saturated carbocycles. The van der Waals surface area contributed by atoms with Gasteiger partial charge in [0.05, 0.1) is 21.2 Å². The van der Waals surface area contributed by atoms with Crippen LogP contribution in [0.25, 0.3) is 10.2 Å². The lowest BCUT2D eigenvalue weighted by atomic mass is 10.1. The third kappa shape index (κ3) is 3.73. The lowest BCUT2D eigenvalue weighted by Crippen LogP contribution is -2.49. The summed E-state index contributed by atoms with van der Waals surface area (Å²) in [6, 6.07) is 13.0. The topological polar surface area (TPSA) is 79.6 Å². The van der Waals surface area contributed by atoms with E-state index in [1.54, 1.807) is 35.3 Å². The second-order valence-electron chi connectivity index (χ2n) is 7.23. The van der Waals surface area contributed by atoms with Crippen LogP contribution in [0.5, 0.6) is 0 Å². The molecule has 0 unspecified atom stereocenters. The van der Waals surface area contributed by atoms with Crippen molar-refractivity contribution in [1.82, 2.24) is 14.8 Å². The number of amides is 1. The Morgan fingerprint density at radius 1 is 1.14 bits per heavy atom. The van der Waals surface area contributed by atoms with E-state index in [-0.39, 0.29) is 17.6 Å². The minimum Gasteiger partial charge on any atom is -0.336 e. The van der Waals surface area contributed by atoms with E-state index in [9.17, 15) is 14.9 Å². The number of nitrogens with zero attached hydrogens (tertiary/aromatic N) is 4. The molecule has 1 amide bonds. The van der Waals surface area contributed by atoms with Gasteiger partial charge in [0, 0.05) is 43.4 Å². The summed E-state index contributed by atoms with van der Waals surface area (Å²) in [4.78, 5) is 32.5. The van der Waals surface area contributed by atoms with Crippen molar-refractivity contribution in [3.8, 4) is 0 Å². The monoisotopic (exact) mass is 410 g/mol. The molecule has 3 aromatic rings. The molecule has 0 spiro atoms. The number of carbonyl (C=O) groups is 1. The highest BCUT2D eigenvalue weighted by Gasteiger charge is 2.28. The van der Waals surface area contributed by atoms with Gasteiger partial charge in [0.25, 0.3) is 11.6 Å². The van der Waals surface area contributed by atoms with Gasteiger partial charge in [-0.1, -0.05) is 18.2 Å². The number of piperazine rings is 1. The molecular weight excluding hydrogens is 388 g/mol. The van der Waals surface area contributed by atoms with Crippen molar-refractivity contribution in [1.29, 1.82) is 0 Å². The van der Waals surface area contributed by atoms with E-state index in [1.165, 1.54) is 10.8 Å². The van der Waals surface area contributed by atoms with Gasteiger partial charge in [0.1, 0.15) is 5.01 Å². The number of carbonyl (C=O) groups excluding carboxylic acids is 1. The van der Waals surface area contributed by atoms with Crippen molar-refractivity contribution >= 4 is 33.1 Å². The summed E-state index contributed by atoms with van der Waals surface area (Å²) in [5, 5.41) is 12.2. The number of nitro benzene ring substituents is 1. The van der Waals surface area contributed by atoms with E-state index in [0.29, 0.717) is 24.2 Å². The second-order valence-corrected chi connectivity index (χ2v) is 8.29. The Bertz CT molecular complexity index is 1040. The van der Waals surface area contributed by atoms with Crippen molar-refractivity contribution < 1.29 is 9.72 Å². The molecule has 29 heavy (non-hydrogen) atoms. The van der Waals surface area contributed by atoms with E-state index in [0.717, 1.165) is 23.6 Å². The second kappa shape index (κ2) is 7.88. The summed E-state index contributed by atoms with van der Waals surface area (Å²) in [5.74, 6) is -0.140. The minimum absolute atomic E-state index is 0.0149. The summed E-state index contributed by atoms with van der Waals surface area (Å²) < 4.78 is 1.18. The maximum absolute atomic E-state index is 12.9. The van der Waals surface area contributed by atoms with Crippen LogP contribution in [0.4, 0.5) is 5.69 Å². The van der Waals surface area contributed by atoms with Gasteiger partial charge >= 0.3 is 0 Å². The van der Waals surface area contributed by atoms with E-state index in [4.69, 9.17) is 4.98 Å². The van der Waals surface area contributed by atoms with Crippen LogP contribution in [0.15, 0.2) is 42.5 Å². The average Bonchev–Trinajstić information content (AvgIpc) is 3.17. The molecule has 1 aromatic heterocycles. The predicted molar refractivity (Wildman–Crippen MR) is 113 cm³/mol. The Balaban J connectivity index is 1.44. The summed E-state index contributed by atoms with van der Waals surface area (Å²) in [7, 11) is 0. The number of para-hydroxylation sites is 1. The molecule has 2 aromatic carbocycles. The predicted octanol–water partition coefficient (Wildman–Crippen LogP) is 4.03. The van der Waals surface area contributed by atoms with Gasteiger partial charge in [-0.3, -0.25) is 19.8 Å². The van der Waals surface area contributed by atoms with E-state index >= 15 is 0 Å². The first-order valence-corrected chi connectivity index (χ1v) is 10.4. The zero-order valence-corrected chi connectivity index (χ0v) is 17.2. The molecule has 2 heterocycles. The molecule has 4 rings (SSSR count). The van der Waals surface area contributed by atoms with Crippen LogP contribution in [0.3, 0.4) is 0 Å². The Hall–Kier alpha value is -2.84. The molecule has 0 aliphatic carbocycles. The zero-order chi connectivity index (χ0) is 20.5. The largest absolute Gasteiger partial charge is 0.336 e. The van der Waals surface area contributed by atoms with Crippen molar-refractivity contribution in [2.24, 2.45) is 0 Å². The molecule has 1 fully saturated rings. The fraction of sp³-hybridized carbons (Fsp3) is 0.333. The van der Waals surface area contributed by atoms with Crippen LogP contribution in [0.2, 0.25) is 0 Å². The van der Waals surface area contributed by atoms with Crippen LogP contribution in [0, 0.1) is 17.0 Å². The van der Waals surface area contributed by atoms with E-state index in [2.05, 4.69) is 17.9 Å². The third-order valence-corrected chi connectivity index (χ3v) is 6.76. The number of fused-ring (bicyclic) bond motifs is 1. The van der Waals surface area contributed by atoms with Gasteiger partial charge in [-0.25, -0.2) is 4.98 Å². The summed E-state index contributed by atoms with van der Waals surface area (Å²) >= 11 is 1.71. The summed E-state index contributed by atoms with van der Waals surface area (Å²) in [6.45, 7) is 6.47. The molecule has 1 aliphatic heterocycles. The summed E-state index contributed by atoms with van der Waals surface area (Å²) in [6.07, 6.45) is 0. The molecular formula is C21H22N4O3S. The fourth-order valence-electron chi connectivity index (χ4n) is 3.76. The molecule has 150 valence electrons. The molecule has 0 radical (unpaired) electrons. The zero-order valence-electron chi connectivity index (χ0n) is 16.4. The van der Waals surface area contributed by atoms with Gasteiger partial charge in [0.2, 0.25) is 0 Å². The molecule has 7 nitrogen and oxygen atoms in total. The van der Waals surface area contributed by atoms with Crippen molar-refractivity contribution in [3.63, 3.8) is 0 Å². The fourth-order valence-corrected chi connectivity index (χ4v) is 4.81. The van der Waals surface area contributed by atoms with E-state index in [1.807, 2.05) is 18.2 Å². The highest BCUT2D eigenvalue weighted by molar-refractivity contribution is 7.18. The Labute approximate surface area is 172 Å². The number of nitro groups is 1. The van der Waals surface area contributed by atoms with E-state index < -0.39 is 4.92 Å². The van der Waals surface area contributed by atoms with Crippen LogP contribution in [-0.2, 0) is 0 Å². The lowest BCUT2D eigenvalue weighted by Gasteiger charge is -2.37. The first-order valence-electron chi connectivity index (χ1n) is 9.58. The van der Waals surface area contributed by atoms with Crippen molar-refractivity contribution in [3.05, 3.63) is 68.7 Å². The van der Waals surface area contributed by atoms with Crippen LogP contribution >= 0.6 is 11.3 Å². The quantitative estimate of drug-likeness (QED) is 0.479.